The number of Topliss-reactive ketones (excluding diaryl/α,β-unsaturated/α-hetero) is 1. The zero-order chi connectivity index (χ0) is 12.5. The summed E-state index contributed by atoms with van der Waals surface area (Å²) < 4.78 is 5.11. The highest BCUT2D eigenvalue weighted by Gasteiger charge is 2.52. The van der Waals surface area contributed by atoms with Gasteiger partial charge in [0.25, 0.3) is 0 Å². The first-order chi connectivity index (χ1) is 8.08. The number of alkyl carbamates (subject to hydrolysis) is 1. The van der Waals surface area contributed by atoms with E-state index in [2.05, 4.69) is 24.0 Å². The Balaban J connectivity index is 2.04. The van der Waals surface area contributed by atoms with E-state index in [-0.39, 0.29) is 18.3 Å². The maximum Gasteiger partial charge on any atom is 0.411 e. The standard InChI is InChI=1S/C13H17NO3/c1-3-14-12(16)17-8-13(9(2)15)7-10-4-5-11(13)6-10/h3-5,10-11H,1,6-8H2,2H3,(H,14,16). The van der Waals surface area contributed by atoms with Crippen LogP contribution in [0.3, 0.4) is 0 Å². The van der Waals surface area contributed by atoms with Crippen LogP contribution in [0.25, 0.3) is 0 Å². The van der Waals surface area contributed by atoms with Gasteiger partial charge in [-0.15, -0.1) is 0 Å². The molecule has 3 atom stereocenters. The van der Waals surface area contributed by atoms with Crippen molar-refractivity contribution >= 4 is 11.9 Å². The first kappa shape index (κ1) is 11.9. The fourth-order valence-electron chi connectivity index (χ4n) is 2.95. The molecule has 1 saturated carbocycles. The highest BCUT2D eigenvalue weighted by atomic mass is 16.5. The minimum absolute atomic E-state index is 0.112. The number of ketones is 1. The second-order valence-electron chi connectivity index (χ2n) is 4.83. The smallest absolute Gasteiger partial charge is 0.411 e. The van der Waals surface area contributed by atoms with Crippen molar-refractivity contribution in [2.45, 2.75) is 19.8 Å². The number of fused-ring (bicyclic) bond motifs is 2. The van der Waals surface area contributed by atoms with E-state index < -0.39 is 11.5 Å². The molecule has 4 nitrogen and oxygen atoms in total. The number of ether oxygens (including phenoxy) is 1. The Bertz CT molecular complexity index is 388. The van der Waals surface area contributed by atoms with Gasteiger partial charge in [0.2, 0.25) is 0 Å². The van der Waals surface area contributed by atoms with Crippen LogP contribution in [0.15, 0.2) is 24.9 Å². The predicted molar refractivity (Wildman–Crippen MR) is 63.1 cm³/mol. The average Bonchev–Trinajstić information content (AvgIpc) is 2.87. The summed E-state index contributed by atoms with van der Waals surface area (Å²) in [6.07, 6.45) is 6.77. The van der Waals surface area contributed by atoms with Crippen LogP contribution in [0.1, 0.15) is 19.8 Å². The molecule has 1 amide bonds. The van der Waals surface area contributed by atoms with Crippen molar-refractivity contribution in [1.82, 2.24) is 5.32 Å². The monoisotopic (exact) mass is 235 g/mol. The van der Waals surface area contributed by atoms with Crippen LogP contribution in [0.4, 0.5) is 4.79 Å². The summed E-state index contributed by atoms with van der Waals surface area (Å²) in [6.45, 7) is 5.13. The van der Waals surface area contributed by atoms with Crippen molar-refractivity contribution < 1.29 is 14.3 Å². The number of nitrogens with one attached hydrogen (secondary N) is 1. The second kappa shape index (κ2) is 4.35. The molecule has 17 heavy (non-hydrogen) atoms. The van der Waals surface area contributed by atoms with E-state index in [1.165, 1.54) is 6.20 Å². The molecule has 2 aliphatic rings. The van der Waals surface area contributed by atoms with Crippen LogP contribution in [0.2, 0.25) is 0 Å². The molecule has 2 aliphatic carbocycles. The third-order valence-corrected chi connectivity index (χ3v) is 3.89. The van der Waals surface area contributed by atoms with Crippen LogP contribution in [-0.2, 0) is 9.53 Å². The molecule has 0 spiro atoms. The molecular weight excluding hydrogens is 218 g/mol. The number of carbonyl (C=O) groups is 2. The quantitative estimate of drug-likeness (QED) is 0.758. The third-order valence-electron chi connectivity index (χ3n) is 3.89. The molecule has 0 saturated heterocycles. The summed E-state index contributed by atoms with van der Waals surface area (Å²) in [5.74, 6) is 0.803. The largest absolute Gasteiger partial charge is 0.448 e. The van der Waals surface area contributed by atoms with Gasteiger partial charge in [-0.1, -0.05) is 18.7 Å². The second-order valence-corrected chi connectivity index (χ2v) is 4.83. The minimum Gasteiger partial charge on any atom is -0.448 e. The Labute approximate surface area is 101 Å². The molecule has 0 aliphatic heterocycles. The molecule has 92 valence electrons. The maximum absolute atomic E-state index is 11.9. The number of hydrogen-bond donors (Lipinski definition) is 1. The Hall–Kier alpha value is -1.58. The Morgan fingerprint density at radius 2 is 2.35 bits per heavy atom. The fraction of sp³-hybridized carbons (Fsp3) is 0.538. The average molecular weight is 235 g/mol. The van der Waals surface area contributed by atoms with Gasteiger partial charge < -0.3 is 4.74 Å². The van der Waals surface area contributed by atoms with Crippen molar-refractivity contribution in [2.24, 2.45) is 17.3 Å². The van der Waals surface area contributed by atoms with Crippen LogP contribution in [0.5, 0.6) is 0 Å². The number of rotatable bonds is 4. The van der Waals surface area contributed by atoms with Crippen LogP contribution >= 0.6 is 0 Å². The SMILES string of the molecule is C=CNC(=O)OCC1(C(C)=O)CC2C=CC1C2. The lowest BCUT2D eigenvalue weighted by molar-refractivity contribution is -0.130. The zero-order valence-corrected chi connectivity index (χ0v) is 9.94. The number of allylic oxidation sites excluding steroid dienone is 2. The van der Waals surface area contributed by atoms with E-state index in [0.717, 1.165) is 12.8 Å². The number of hydrogen-bond acceptors (Lipinski definition) is 3. The van der Waals surface area contributed by atoms with Crippen LogP contribution in [0, 0.1) is 17.3 Å². The molecule has 0 aromatic heterocycles. The Morgan fingerprint density at radius 3 is 2.82 bits per heavy atom. The van der Waals surface area contributed by atoms with E-state index >= 15 is 0 Å². The van der Waals surface area contributed by atoms with Crippen molar-refractivity contribution in [3.05, 3.63) is 24.9 Å². The molecule has 3 unspecified atom stereocenters. The van der Waals surface area contributed by atoms with Gasteiger partial charge in [0.1, 0.15) is 12.4 Å². The van der Waals surface area contributed by atoms with E-state index in [4.69, 9.17) is 4.74 Å². The van der Waals surface area contributed by atoms with Gasteiger partial charge in [0, 0.05) is 0 Å². The normalized spacial score (nSPS) is 33.5. The van der Waals surface area contributed by atoms with Crippen LogP contribution < -0.4 is 5.32 Å². The topological polar surface area (TPSA) is 55.4 Å². The first-order valence-corrected chi connectivity index (χ1v) is 5.82. The van der Waals surface area contributed by atoms with Crippen molar-refractivity contribution in [1.29, 1.82) is 0 Å². The van der Waals surface area contributed by atoms with Gasteiger partial charge in [-0.2, -0.15) is 0 Å². The van der Waals surface area contributed by atoms with Gasteiger partial charge in [0.05, 0.1) is 5.41 Å². The number of amides is 1. The summed E-state index contributed by atoms with van der Waals surface area (Å²) in [4.78, 5) is 23.1. The summed E-state index contributed by atoms with van der Waals surface area (Å²) in [6, 6.07) is 0. The van der Waals surface area contributed by atoms with Gasteiger partial charge in [-0.05, 0) is 37.8 Å². The summed E-state index contributed by atoms with van der Waals surface area (Å²) in [5.41, 5.74) is -0.502. The molecule has 1 N–H and O–H groups in total. The molecule has 4 heteroatoms. The van der Waals surface area contributed by atoms with Crippen molar-refractivity contribution in [2.75, 3.05) is 6.61 Å². The van der Waals surface area contributed by atoms with Gasteiger partial charge in [-0.25, -0.2) is 4.79 Å². The third kappa shape index (κ3) is 1.99. The summed E-state index contributed by atoms with van der Waals surface area (Å²) in [7, 11) is 0. The highest BCUT2D eigenvalue weighted by molar-refractivity contribution is 5.84. The maximum atomic E-state index is 11.9. The fourth-order valence-corrected chi connectivity index (χ4v) is 2.95. The molecule has 0 aromatic carbocycles. The first-order valence-electron chi connectivity index (χ1n) is 5.82. The van der Waals surface area contributed by atoms with Crippen molar-refractivity contribution in [3.63, 3.8) is 0 Å². The van der Waals surface area contributed by atoms with E-state index in [1.807, 2.05) is 0 Å². The highest BCUT2D eigenvalue weighted by Crippen LogP contribution is 2.52. The molecule has 0 heterocycles. The lowest BCUT2D eigenvalue weighted by Crippen LogP contribution is -2.40. The molecule has 2 bridgehead atoms. The van der Waals surface area contributed by atoms with Crippen LogP contribution in [-0.4, -0.2) is 18.5 Å². The summed E-state index contributed by atoms with van der Waals surface area (Å²) >= 11 is 0. The van der Waals surface area contributed by atoms with Gasteiger partial charge in [-0.3, -0.25) is 10.1 Å². The zero-order valence-electron chi connectivity index (χ0n) is 9.94. The lowest BCUT2D eigenvalue weighted by Gasteiger charge is -2.32. The Kier molecular flexibility index (Phi) is 3.05. The van der Waals surface area contributed by atoms with E-state index in [9.17, 15) is 9.59 Å². The molecule has 0 aromatic rings. The molecule has 2 rings (SSSR count). The number of carbonyl (C=O) groups excluding carboxylic acids is 2. The lowest BCUT2D eigenvalue weighted by atomic mass is 9.73. The molecular formula is C13H17NO3. The Morgan fingerprint density at radius 1 is 1.59 bits per heavy atom. The van der Waals surface area contributed by atoms with E-state index in [0.29, 0.717) is 5.92 Å². The predicted octanol–water partition coefficient (Wildman–Crippen LogP) is 2.03. The summed E-state index contributed by atoms with van der Waals surface area (Å²) in [5, 5.41) is 2.34. The van der Waals surface area contributed by atoms with Crippen molar-refractivity contribution in [3.8, 4) is 0 Å². The van der Waals surface area contributed by atoms with Gasteiger partial charge >= 0.3 is 6.09 Å². The van der Waals surface area contributed by atoms with E-state index in [1.54, 1.807) is 6.92 Å². The molecule has 1 fully saturated rings. The minimum atomic E-state index is -0.549. The molecule has 0 radical (unpaired) electrons. The van der Waals surface area contributed by atoms with Gasteiger partial charge in [0.15, 0.2) is 0 Å².